The molecule has 170 valence electrons. The summed E-state index contributed by atoms with van der Waals surface area (Å²) in [7, 11) is 1.64. The summed E-state index contributed by atoms with van der Waals surface area (Å²) >= 11 is 5.42. The molecule has 2 aromatic carbocycles. The predicted molar refractivity (Wildman–Crippen MR) is 131 cm³/mol. The molecular weight excluding hydrogens is 434 g/mol. The maximum absolute atomic E-state index is 13.0. The van der Waals surface area contributed by atoms with Gasteiger partial charge in [-0.25, -0.2) is 0 Å². The lowest BCUT2D eigenvalue weighted by Crippen LogP contribution is -2.38. The first-order valence-electron chi connectivity index (χ1n) is 11.3. The van der Waals surface area contributed by atoms with Crippen molar-refractivity contribution < 1.29 is 9.53 Å². The number of rotatable bonds is 6. The third kappa shape index (κ3) is 4.30. The minimum absolute atomic E-state index is 0.163. The van der Waals surface area contributed by atoms with Crippen molar-refractivity contribution in [2.45, 2.75) is 31.7 Å². The van der Waals surface area contributed by atoms with E-state index in [1.807, 2.05) is 33.7 Å². The SMILES string of the molecule is COc1ccc(-c2n[nH]c(=S)n2CCC(=O)N2CCC(c3c[nH]c4ccccc34)CC2)cc1. The van der Waals surface area contributed by atoms with E-state index in [0.29, 0.717) is 23.7 Å². The topological polar surface area (TPSA) is 78.9 Å². The van der Waals surface area contributed by atoms with E-state index in [-0.39, 0.29) is 5.91 Å². The zero-order chi connectivity index (χ0) is 22.8. The van der Waals surface area contributed by atoms with Crippen LogP contribution in [-0.2, 0) is 11.3 Å². The van der Waals surface area contributed by atoms with Gasteiger partial charge >= 0.3 is 0 Å². The largest absolute Gasteiger partial charge is 0.497 e. The Labute approximate surface area is 197 Å². The number of benzene rings is 2. The fraction of sp³-hybridized carbons (Fsp3) is 0.320. The van der Waals surface area contributed by atoms with E-state index in [9.17, 15) is 4.79 Å². The van der Waals surface area contributed by atoms with Crippen molar-refractivity contribution in [3.63, 3.8) is 0 Å². The molecule has 0 saturated carbocycles. The first-order chi connectivity index (χ1) is 16.1. The number of carbonyl (C=O) groups is 1. The number of hydrogen-bond donors (Lipinski definition) is 2. The van der Waals surface area contributed by atoms with Crippen molar-refractivity contribution in [2.75, 3.05) is 20.2 Å². The molecule has 1 amide bonds. The highest BCUT2D eigenvalue weighted by Gasteiger charge is 2.25. The quantitative estimate of drug-likeness (QED) is 0.401. The maximum Gasteiger partial charge on any atom is 0.224 e. The Morgan fingerprint density at radius 2 is 1.91 bits per heavy atom. The second-order valence-electron chi connectivity index (χ2n) is 8.43. The van der Waals surface area contributed by atoms with Crippen LogP contribution in [0.5, 0.6) is 5.75 Å². The molecule has 33 heavy (non-hydrogen) atoms. The molecule has 1 fully saturated rings. The third-order valence-electron chi connectivity index (χ3n) is 6.56. The standard InChI is InChI=1S/C25H27N5O2S/c1-32-19-8-6-18(7-9-19)24-27-28-25(33)30(24)15-12-23(31)29-13-10-17(11-14-29)21-16-26-22-5-3-2-4-20(21)22/h2-9,16-17,26H,10-15H2,1H3,(H,28,33). The number of nitrogens with zero attached hydrogens (tertiary/aromatic N) is 3. The smallest absolute Gasteiger partial charge is 0.224 e. The Morgan fingerprint density at radius 1 is 1.15 bits per heavy atom. The lowest BCUT2D eigenvalue weighted by molar-refractivity contribution is -0.132. The molecule has 3 heterocycles. The van der Waals surface area contributed by atoms with Crippen LogP contribution in [0.3, 0.4) is 0 Å². The molecule has 0 unspecified atom stereocenters. The van der Waals surface area contributed by atoms with Crippen LogP contribution in [0.25, 0.3) is 22.3 Å². The van der Waals surface area contributed by atoms with Crippen molar-refractivity contribution >= 4 is 29.0 Å². The number of H-pyrrole nitrogens is 2. The maximum atomic E-state index is 13.0. The van der Waals surface area contributed by atoms with Crippen LogP contribution in [-0.4, -0.2) is 50.8 Å². The fourth-order valence-corrected chi connectivity index (χ4v) is 4.95. The summed E-state index contributed by atoms with van der Waals surface area (Å²) in [6.45, 7) is 2.06. The number of aromatic amines is 2. The zero-order valence-electron chi connectivity index (χ0n) is 18.6. The van der Waals surface area contributed by atoms with E-state index in [4.69, 9.17) is 17.0 Å². The molecule has 2 aromatic heterocycles. The number of likely N-dealkylation sites (tertiary alicyclic amines) is 1. The normalized spacial score (nSPS) is 14.6. The van der Waals surface area contributed by atoms with Crippen molar-refractivity contribution in [3.05, 3.63) is 65.1 Å². The highest BCUT2D eigenvalue weighted by atomic mass is 32.1. The monoisotopic (exact) mass is 461 g/mol. The number of hydrogen-bond acceptors (Lipinski definition) is 4. The highest BCUT2D eigenvalue weighted by molar-refractivity contribution is 7.71. The lowest BCUT2D eigenvalue weighted by atomic mass is 9.89. The summed E-state index contributed by atoms with van der Waals surface area (Å²) in [6.07, 6.45) is 4.49. The second kappa shape index (κ2) is 9.23. The number of nitrogens with one attached hydrogen (secondary N) is 2. The Balaban J connectivity index is 1.21. The molecule has 1 aliphatic rings. The van der Waals surface area contributed by atoms with Crippen LogP contribution in [0.15, 0.2) is 54.7 Å². The summed E-state index contributed by atoms with van der Waals surface area (Å²) in [5.41, 5.74) is 3.47. The molecule has 7 nitrogen and oxygen atoms in total. The van der Waals surface area contributed by atoms with Crippen LogP contribution in [0.1, 0.15) is 30.7 Å². The van der Waals surface area contributed by atoms with Crippen LogP contribution in [0.4, 0.5) is 0 Å². The molecule has 1 saturated heterocycles. The Morgan fingerprint density at radius 3 is 2.67 bits per heavy atom. The number of ether oxygens (including phenoxy) is 1. The fourth-order valence-electron chi connectivity index (χ4n) is 4.72. The van der Waals surface area contributed by atoms with Gasteiger partial charge in [-0.15, -0.1) is 0 Å². The number of carbonyl (C=O) groups excluding carboxylic acids is 1. The van der Waals surface area contributed by atoms with Crippen molar-refractivity contribution in [3.8, 4) is 17.1 Å². The predicted octanol–water partition coefficient (Wildman–Crippen LogP) is 4.89. The molecule has 0 radical (unpaired) electrons. The highest BCUT2D eigenvalue weighted by Crippen LogP contribution is 2.33. The lowest BCUT2D eigenvalue weighted by Gasteiger charge is -2.32. The second-order valence-corrected chi connectivity index (χ2v) is 8.81. The van der Waals surface area contributed by atoms with Crippen LogP contribution in [0.2, 0.25) is 0 Å². The first-order valence-corrected chi connectivity index (χ1v) is 11.7. The molecule has 4 aromatic rings. The van der Waals surface area contributed by atoms with E-state index >= 15 is 0 Å². The Kier molecular flexibility index (Phi) is 6.00. The number of fused-ring (bicyclic) bond motifs is 1. The van der Waals surface area contributed by atoms with Gasteiger partial charge in [0.1, 0.15) is 5.75 Å². The number of piperidine rings is 1. The molecule has 0 atom stereocenters. The van der Waals surface area contributed by atoms with E-state index in [1.54, 1.807) is 7.11 Å². The van der Waals surface area contributed by atoms with Gasteiger partial charge in [-0.05, 0) is 66.9 Å². The number of aromatic nitrogens is 4. The van der Waals surface area contributed by atoms with Crippen LogP contribution >= 0.6 is 12.2 Å². The summed E-state index contributed by atoms with van der Waals surface area (Å²) in [6, 6.07) is 16.1. The van der Waals surface area contributed by atoms with Gasteiger partial charge in [0, 0.05) is 48.7 Å². The summed E-state index contributed by atoms with van der Waals surface area (Å²) in [5.74, 6) is 2.16. The van der Waals surface area contributed by atoms with Gasteiger partial charge in [-0.1, -0.05) is 18.2 Å². The number of amides is 1. The van der Waals surface area contributed by atoms with Gasteiger partial charge in [0.05, 0.1) is 7.11 Å². The van der Waals surface area contributed by atoms with Crippen molar-refractivity contribution in [2.24, 2.45) is 0 Å². The zero-order valence-corrected chi connectivity index (χ0v) is 19.4. The summed E-state index contributed by atoms with van der Waals surface area (Å²) < 4.78 is 7.65. The summed E-state index contributed by atoms with van der Waals surface area (Å²) in [5, 5.41) is 8.53. The van der Waals surface area contributed by atoms with Gasteiger partial charge < -0.3 is 14.6 Å². The van der Waals surface area contributed by atoms with Gasteiger partial charge in [0.2, 0.25) is 5.91 Å². The van der Waals surface area contributed by atoms with Gasteiger partial charge in [0.25, 0.3) is 0 Å². The molecule has 8 heteroatoms. The Hall–Kier alpha value is -3.39. The average Bonchev–Trinajstić information content (AvgIpc) is 3.46. The van der Waals surface area contributed by atoms with E-state index < -0.39 is 0 Å². The minimum Gasteiger partial charge on any atom is -0.497 e. The molecular formula is C25H27N5O2S. The van der Waals surface area contributed by atoms with Gasteiger partial charge in [-0.3, -0.25) is 14.5 Å². The van der Waals surface area contributed by atoms with Gasteiger partial charge in [-0.2, -0.15) is 5.10 Å². The van der Waals surface area contributed by atoms with Gasteiger partial charge in [0.15, 0.2) is 10.6 Å². The molecule has 0 bridgehead atoms. The van der Waals surface area contributed by atoms with Crippen molar-refractivity contribution in [1.82, 2.24) is 24.6 Å². The van der Waals surface area contributed by atoms with E-state index in [2.05, 4.69) is 45.6 Å². The average molecular weight is 462 g/mol. The molecule has 0 aliphatic carbocycles. The van der Waals surface area contributed by atoms with E-state index in [0.717, 1.165) is 43.1 Å². The first kappa shape index (κ1) is 21.5. The van der Waals surface area contributed by atoms with E-state index in [1.165, 1.54) is 16.5 Å². The number of para-hydroxylation sites is 1. The molecule has 5 rings (SSSR count). The molecule has 0 spiro atoms. The van der Waals surface area contributed by atoms with Crippen LogP contribution in [0, 0.1) is 4.77 Å². The minimum atomic E-state index is 0.163. The summed E-state index contributed by atoms with van der Waals surface area (Å²) in [4.78, 5) is 18.3. The Bertz CT molecular complexity index is 1310. The number of methoxy groups -OCH3 is 1. The molecule has 1 aliphatic heterocycles. The molecule has 2 N–H and O–H groups in total. The third-order valence-corrected chi connectivity index (χ3v) is 6.88. The van der Waals surface area contributed by atoms with Crippen LogP contribution < -0.4 is 4.74 Å². The van der Waals surface area contributed by atoms with Crippen molar-refractivity contribution in [1.29, 1.82) is 0 Å².